The summed E-state index contributed by atoms with van der Waals surface area (Å²) in [5.74, 6) is 1.09. The topological polar surface area (TPSA) is 72.7 Å². The number of nitrogens with one attached hydrogen (secondary N) is 1. The van der Waals surface area contributed by atoms with Crippen LogP contribution >= 0.6 is 0 Å². The highest BCUT2D eigenvalue weighted by Gasteiger charge is 2.25. The molecule has 1 aliphatic rings. The summed E-state index contributed by atoms with van der Waals surface area (Å²) in [7, 11) is 0. The highest BCUT2D eigenvalue weighted by Crippen LogP contribution is 2.33. The zero-order valence-electron chi connectivity index (χ0n) is 12.0. The summed E-state index contributed by atoms with van der Waals surface area (Å²) in [5.41, 5.74) is 0.545. The first-order chi connectivity index (χ1) is 9.63. The second-order valence-corrected chi connectivity index (χ2v) is 5.83. The molecular weight excluding hydrogens is 254 g/mol. The first kappa shape index (κ1) is 15.1. The number of rotatable bonds is 5. The van der Waals surface area contributed by atoms with Crippen LogP contribution in [0.25, 0.3) is 0 Å². The maximum absolute atomic E-state index is 9.86. The van der Waals surface area contributed by atoms with Crippen molar-refractivity contribution in [1.29, 1.82) is 0 Å². The van der Waals surface area contributed by atoms with Crippen LogP contribution in [0.4, 0.5) is 0 Å². The normalized spacial score (nSPS) is 24.5. The third kappa shape index (κ3) is 3.44. The van der Waals surface area contributed by atoms with E-state index in [1.54, 1.807) is 18.2 Å². The van der Waals surface area contributed by atoms with E-state index in [4.69, 9.17) is 0 Å². The Bertz CT molecular complexity index is 415. The minimum atomic E-state index is -0.113. The smallest absolute Gasteiger partial charge is 0.124 e. The van der Waals surface area contributed by atoms with Gasteiger partial charge in [-0.1, -0.05) is 18.9 Å². The Morgan fingerprint density at radius 2 is 1.75 bits per heavy atom. The minimum absolute atomic E-state index is 0.113. The Kier molecular flexibility index (Phi) is 5.26. The lowest BCUT2D eigenvalue weighted by molar-refractivity contribution is 0.131. The second kappa shape index (κ2) is 6.95. The highest BCUT2D eigenvalue weighted by molar-refractivity contribution is 5.44. The fourth-order valence-corrected chi connectivity index (χ4v) is 3.21. The molecule has 3 unspecified atom stereocenters. The van der Waals surface area contributed by atoms with Crippen molar-refractivity contribution in [2.75, 3.05) is 13.2 Å². The molecule has 4 N–H and O–H groups in total. The Labute approximate surface area is 120 Å². The van der Waals surface area contributed by atoms with Crippen molar-refractivity contribution in [3.8, 4) is 11.5 Å². The van der Waals surface area contributed by atoms with Crippen molar-refractivity contribution in [2.24, 2.45) is 11.8 Å². The van der Waals surface area contributed by atoms with Gasteiger partial charge in [0.25, 0.3) is 0 Å². The van der Waals surface area contributed by atoms with Crippen LogP contribution in [0.15, 0.2) is 18.2 Å². The lowest BCUT2D eigenvalue weighted by Gasteiger charge is -2.31. The molecule has 0 aromatic heterocycles. The van der Waals surface area contributed by atoms with E-state index >= 15 is 0 Å². The zero-order chi connectivity index (χ0) is 14.5. The first-order valence-corrected chi connectivity index (χ1v) is 7.48. The van der Waals surface area contributed by atoms with Crippen LogP contribution in [0.3, 0.4) is 0 Å². The number of phenols is 2. The quantitative estimate of drug-likeness (QED) is 0.668. The van der Waals surface area contributed by atoms with E-state index in [-0.39, 0.29) is 24.1 Å². The molecule has 112 valence electrons. The van der Waals surface area contributed by atoms with Crippen molar-refractivity contribution in [1.82, 2.24) is 5.32 Å². The van der Waals surface area contributed by atoms with E-state index in [0.29, 0.717) is 17.4 Å². The van der Waals surface area contributed by atoms with Gasteiger partial charge in [-0.3, -0.25) is 0 Å². The summed E-state index contributed by atoms with van der Waals surface area (Å²) < 4.78 is 0. The number of aliphatic hydroxyl groups excluding tert-OH is 1. The largest absolute Gasteiger partial charge is 0.507 e. The van der Waals surface area contributed by atoms with Crippen molar-refractivity contribution in [3.63, 3.8) is 0 Å². The number of aromatic hydroxyl groups is 2. The second-order valence-electron chi connectivity index (χ2n) is 5.83. The van der Waals surface area contributed by atoms with Crippen LogP contribution < -0.4 is 5.32 Å². The van der Waals surface area contributed by atoms with Gasteiger partial charge in [-0.2, -0.15) is 0 Å². The van der Waals surface area contributed by atoms with Gasteiger partial charge in [-0.25, -0.2) is 0 Å². The number of hydrogen-bond donors (Lipinski definition) is 4. The van der Waals surface area contributed by atoms with Crippen LogP contribution in [-0.2, 0) is 0 Å². The molecule has 0 aliphatic heterocycles. The average Bonchev–Trinajstić information content (AvgIpc) is 2.45. The van der Waals surface area contributed by atoms with Gasteiger partial charge in [-0.15, -0.1) is 0 Å². The maximum atomic E-state index is 9.86. The van der Waals surface area contributed by atoms with E-state index in [9.17, 15) is 15.3 Å². The molecule has 0 saturated heterocycles. The van der Waals surface area contributed by atoms with Crippen LogP contribution in [-0.4, -0.2) is 28.5 Å². The van der Waals surface area contributed by atoms with Crippen molar-refractivity contribution < 1.29 is 15.3 Å². The van der Waals surface area contributed by atoms with Crippen LogP contribution in [0.1, 0.15) is 44.2 Å². The van der Waals surface area contributed by atoms with Gasteiger partial charge in [-0.05, 0) is 50.3 Å². The number of phenolic OH excluding ortho intramolecular Hbond substituents is 2. The van der Waals surface area contributed by atoms with E-state index < -0.39 is 0 Å². The Hall–Kier alpha value is -1.26. The van der Waals surface area contributed by atoms with E-state index in [1.807, 2.05) is 6.92 Å². The fourth-order valence-electron chi connectivity index (χ4n) is 3.21. The molecule has 4 nitrogen and oxygen atoms in total. The molecule has 4 heteroatoms. The van der Waals surface area contributed by atoms with E-state index in [1.165, 1.54) is 12.8 Å². The van der Waals surface area contributed by atoms with Crippen LogP contribution in [0.5, 0.6) is 11.5 Å². The molecule has 1 aromatic rings. The molecule has 20 heavy (non-hydrogen) atoms. The predicted molar refractivity (Wildman–Crippen MR) is 78.7 cm³/mol. The predicted octanol–water partition coefficient (Wildman–Crippen LogP) is 2.55. The molecule has 0 spiro atoms. The van der Waals surface area contributed by atoms with E-state index in [2.05, 4.69) is 5.32 Å². The molecule has 3 atom stereocenters. The number of hydrogen-bond acceptors (Lipinski definition) is 4. The molecular formula is C16H25NO3. The molecule has 1 aliphatic carbocycles. The third-order valence-corrected chi connectivity index (χ3v) is 4.48. The summed E-state index contributed by atoms with van der Waals surface area (Å²) in [6.07, 6.45) is 4.66. The summed E-state index contributed by atoms with van der Waals surface area (Å²) in [6, 6.07) is 4.69. The zero-order valence-corrected chi connectivity index (χ0v) is 12.0. The summed E-state index contributed by atoms with van der Waals surface area (Å²) in [5, 5.41) is 32.5. The standard InChI is InChI=1S/C16H25NO3/c1-11(16-14(19)7-4-8-15(16)20)17-9-12-5-2-3-6-13(12)10-18/h4,7-8,11-13,17-20H,2-3,5-6,9-10H2,1H3. The van der Waals surface area contributed by atoms with Crippen LogP contribution in [0, 0.1) is 11.8 Å². The molecule has 0 radical (unpaired) electrons. The summed E-state index contributed by atoms with van der Waals surface area (Å²) >= 11 is 0. The van der Waals surface area contributed by atoms with Gasteiger partial charge in [0, 0.05) is 12.6 Å². The molecule has 1 fully saturated rings. The Morgan fingerprint density at radius 3 is 2.35 bits per heavy atom. The highest BCUT2D eigenvalue weighted by atomic mass is 16.3. The van der Waals surface area contributed by atoms with Gasteiger partial charge in [0.15, 0.2) is 0 Å². The molecule has 1 aromatic carbocycles. The maximum Gasteiger partial charge on any atom is 0.124 e. The SMILES string of the molecule is CC(NCC1CCCCC1CO)c1c(O)cccc1O. The van der Waals surface area contributed by atoms with Gasteiger partial charge in [0.2, 0.25) is 0 Å². The molecule has 1 saturated carbocycles. The molecule has 0 heterocycles. The molecule has 0 amide bonds. The van der Waals surface area contributed by atoms with Gasteiger partial charge in [0.1, 0.15) is 11.5 Å². The lowest BCUT2D eigenvalue weighted by Crippen LogP contribution is -2.33. The van der Waals surface area contributed by atoms with Gasteiger partial charge >= 0.3 is 0 Å². The van der Waals surface area contributed by atoms with Crippen molar-refractivity contribution >= 4 is 0 Å². The van der Waals surface area contributed by atoms with Crippen molar-refractivity contribution in [3.05, 3.63) is 23.8 Å². The number of benzene rings is 1. The third-order valence-electron chi connectivity index (χ3n) is 4.48. The first-order valence-electron chi connectivity index (χ1n) is 7.48. The molecule has 0 bridgehead atoms. The average molecular weight is 279 g/mol. The summed E-state index contributed by atoms with van der Waals surface area (Å²) in [6.45, 7) is 2.99. The Morgan fingerprint density at radius 1 is 1.15 bits per heavy atom. The van der Waals surface area contributed by atoms with Crippen molar-refractivity contribution in [2.45, 2.75) is 38.6 Å². The fraction of sp³-hybridized carbons (Fsp3) is 0.625. The Balaban J connectivity index is 1.96. The minimum Gasteiger partial charge on any atom is -0.507 e. The lowest BCUT2D eigenvalue weighted by atomic mass is 9.79. The van der Waals surface area contributed by atoms with Gasteiger partial charge < -0.3 is 20.6 Å². The van der Waals surface area contributed by atoms with Gasteiger partial charge in [0.05, 0.1) is 5.56 Å². The summed E-state index contributed by atoms with van der Waals surface area (Å²) in [4.78, 5) is 0. The monoisotopic (exact) mass is 279 g/mol. The van der Waals surface area contributed by atoms with E-state index in [0.717, 1.165) is 19.4 Å². The molecule has 2 rings (SSSR count). The van der Waals surface area contributed by atoms with Crippen LogP contribution in [0.2, 0.25) is 0 Å². The number of aliphatic hydroxyl groups is 1.